The maximum atomic E-state index is 12.7. The smallest absolute Gasteiger partial charge is 0.253 e. The number of hydrogen-bond donors (Lipinski definition) is 1. The molecular formula is C20H25N3O4S. The third-order valence-corrected chi connectivity index (χ3v) is 6.74. The van der Waals surface area contributed by atoms with E-state index in [-0.39, 0.29) is 29.2 Å². The quantitative estimate of drug-likeness (QED) is 0.745. The van der Waals surface area contributed by atoms with Gasteiger partial charge in [-0.3, -0.25) is 9.59 Å². The molecule has 1 aromatic rings. The summed E-state index contributed by atoms with van der Waals surface area (Å²) in [5.41, 5.74) is 0.431. The van der Waals surface area contributed by atoms with E-state index in [1.165, 1.54) is 24.3 Å². The SMILES string of the molecule is C#CCNS(=O)(=O)c1ccc(C(=O)N2CCC(C(=O)N3CCCC3)CC2)cc1. The molecule has 2 fully saturated rings. The van der Waals surface area contributed by atoms with Gasteiger partial charge in [0.25, 0.3) is 5.91 Å². The molecule has 1 aromatic carbocycles. The van der Waals surface area contributed by atoms with Crippen molar-refractivity contribution >= 4 is 21.8 Å². The molecule has 7 nitrogen and oxygen atoms in total. The summed E-state index contributed by atoms with van der Waals surface area (Å²) in [5.74, 6) is 2.29. The molecule has 0 atom stereocenters. The van der Waals surface area contributed by atoms with Gasteiger partial charge in [0.2, 0.25) is 15.9 Å². The van der Waals surface area contributed by atoms with Crippen LogP contribution in [0.3, 0.4) is 0 Å². The van der Waals surface area contributed by atoms with E-state index >= 15 is 0 Å². The van der Waals surface area contributed by atoms with Gasteiger partial charge in [0.05, 0.1) is 11.4 Å². The molecule has 2 aliphatic rings. The summed E-state index contributed by atoms with van der Waals surface area (Å²) in [4.78, 5) is 28.9. The number of sulfonamides is 1. The van der Waals surface area contributed by atoms with Crippen molar-refractivity contribution in [2.75, 3.05) is 32.7 Å². The number of nitrogens with zero attached hydrogens (tertiary/aromatic N) is 2. The zero-order valence-corrected chi connectivity index (χ0v) is 16.6. The molecule has 0 radical (unpaired) electrons. The lowest BCUT2D eigenvalue weighted by Crippen LogP contribution is -2.43. The van der Waals surface area contributed by atoms with Gasteiger partial charge < -0.3 is 9.80 Å². The highest BCUT2D eigenvalue weighted by Gasteiger charge is 2.31. The second kappa shape index (κ2) is 8.76. The fourth-order valence-corrected chi connectivity index (χ4v) is 4.64. The summed E-state index contributed by atoms with van der Waals surface area (Å²) in [5, 5.41) is 0. The highest BCUT2D eigenvalue weighted by atomic mass is 32.2. The van der Waals surface area contributed by atoms with Gasteiger partial charge in [-0.05, 0) is 49.9 Å². The summed E-state index contributed by atoms with van der Waals surface area (Å²) < 4.78 is 26.4. The highest BCUT2D eigenvalue weighted by molar-refractivity contribution is 7.89. The van der Waals surface area contributed by atoms with Crippen molar-refractivity contribution in [3.05, 3.63) is 29.8 Å². The molecule has 8 heteroatoms. The molecule has 0 saturated carbocycles. The zero-order valence-electron chi connectivity index (χ0n) is 15.8. The van der Waals surface area contributed by atoms with Crippen LogP contribution < -0.4 is 4.72 Å². The van der Waals surface area contributed by atoms with Crippen LogP contribution in [0.15, 0.2) is 29.2 Å². The van der Waals surface area contributed by atoms with Crippen molar-refractivity contribution in [3.8, 4) is 12.3 Å². The van der Waals surface area contributed by atoms with Gasteiger partial charge in [0, 0.05) is 37.7 Å². The number of carbonyl (C=O) groups excluding carboxylic acids is 2. The minimum atomic E-state index is -3.67. The van der Waals surface area contributed by atoms with Gasteiger partial charge in [-0.2, -0.15) is 4.72 Å². The standard InChI is InChI=1S/C20H25N3O4S/c1-2-11-21-28(26,27)18-7-5-16(6-8-18)19(24)23-14-9-17(10-15-23)20(25)22-12-3-4-13-22/h1,5-8,17,21H,3-4,9-15H2. The first kappa shape index (κ1) is 20.4. The van der Waals surface area contributed by atoms with Crippen LogP contribution in [0.2, 0.25) is 0 Å². The number of piperidine rings is 1. The Morgan fingerprint density at radius 1 is 1.04 bits per heavy atom. The number of rotatable bonds is 5. The van der Waals surface area contributed by atoms with Gasteiger partial charge in [-0.15, -0.1) is 6.42 Å². The Labute approximate surface area is 166 Å². The summed E-state index contributed by atoms with van der Waals surface area (Å²) in [6.07, 6.45) is 8.57. The predicted octanol–water partition coefficient (Wildman–Crippen LogP) is 1.07. The topological polar surface area (TPSA) is 86.8 Å². The summed E-state index contributed by atoms with van der Waals surface area (Å²) in [6, 6.07) is 5.81. The van der Waals surface area contributed by atoms with Crippen molar-refractivity contribution in [2.45, 2.75) is 30.6 Å². The monoisotopic (exact) mass is 403 g/mol. The molecule has 2 amide bonds. The Morgan fingerprint density at radius 3 is 2.21 bits per heavy atom. The number of hydrogen-bond acceptors (Lipinski definition) is 4. The minimum absolute atomic E-state index is 0.00287. The third kappa shape index (κ3) is 4.54. The number of benzene rings is 1. The Bertz CT molecular complexity index is 860. The van der Waals surface area contributed by atoms with Crippen LogP contribution >= 0.6 is 0 Å². The van der Waals surface area contributed by atoms with Gasteiger partial charge in [0.1, 0.15) is 0 Å². The fourth-order valence-electron chi connectivity index (χ4n) is 3.70. The predicted molar refractivity (Wildman–Crippen MR) is 105 cm³/mol. The van der Waals surface area contributed by atoms with Crippen LogP contribution in [0.5, 0.6) is 0 Å². The maximum absolute atomic E-state index is 12.7. The van der Waals surface area contributed by atoms with E-state index in [4.69, 9.17) is 6.42 Å². The van der Waals surface area contributed by atoms with Crippen molar-refractivity contribution in [1.29, 1.82) is 0 Å². The Balaban J connectivity index is 1.58. The van der Waals surface area contributed by atoms with E-state index in [0.717, 1.165) is 25.9 Å². The first-order valence-electron chi connectivity index (χ1n) is 9.53. The van der Waals surface area contributed by atoms with Gasteiger partial charge in [0.15, 0.2) is 0 Å². The molecule has 1 N–H and O–H groups in total. The molecule has 0 bridgehead atoms. The van der Waals surface area contributed by atoms with Crippen LogP contribution in [0, 0.1) is 18.3 Å². The average molecular weight is 404 g/mol. The van der Waals surface area contributed by atoms with Crippen molar-refractivity contribution < 1.29 is 18.0 Å². The molecule has 3 rings (SSSR count). The summed E-state index contributed by atoms with van der Waals surface area (Å²) >= 11 is 0. The van der Waals surface area contributed by atoms with Crippen LogP contribution in [-0.2, 0) is 14.8 Å². The molecule has 28 heavy (non-hydrogen) atoms. The van der Waals surface area contributed by atoms with Crippen LogP contribution in [0.4, 0.5) is 0 Å². The molecule has 2 saturated heterocycles. The van der Waals surface area contributed by atoms with E-state index in [1.54, 1.807) is 4.90 Å². The van der Waals surface area contributed by atoms with E-state index in [1.807, 2.05) is 4.90 Å². The summed E-state index contributed by atoms with van der Waals surface area (Å²) in [6.45, 7) is 2.68. The lowest BCUT2D eigenvalue weighted by Gasteiger charge is -2.33. The zero-order chi connectivity index (χ0) is 20.1. The molecule has 0 spiro atoms. The largest absolute Gasteiger partial charge is 0.342 e. The van der Waals surface area contributed by atoms with E-state index in [0.29, 0.717) is 31.5 Å². The van der Waals surface area contributed by atoms with Crippen LogP contribution in [0.25, 0.3) is 0 Å². The second-order valence-corrected chi connectivity index (χ2v) is 8.92. The molecule has 0 aromatic heterocycles. The molecule has 150 valence electrons. The Morgan fingerprint density at radius 2 is 1.64 bits per heavy atom. The first-order valence-corrected chi connectivity index (χ1v) is 11.0. The maximum Gasteiger partial charge on any atom is 0.253 e. The molecule has 0 unspecified atom stereocenters. The summed E-state index contributed by atoms with van der Waals surface area (Å²) in [7, 11) is -3.67. The average Bonchev–Trinajstić information content (AvgIpc) is 3.26. The minimum Gasteiger partial charge on any atom is -0.342 e. The molecule has 2 heterocycles. The number of nitrogens with one attached hydrogen (secondary N) is 1. The van der Waals surface area contributed by atoms with Crippen molar-refractivity contribution in [1.82, 2.24) is 14.5 Å². The fraction of sp³-hybridized carbons (Fsp3) is 0.500. The van der Waals surface area contributed by atoms with Gasteiger partial charge in [-0.25, -0.2) is 8.42 Å². The second-order valence-electron chi connectivity index (χ2n) is 7.15. The Kier molecular flexibility index (Phi) is 6.37. The van der Waals surface area contributed by atoms with Gasteiger partial charge >= 0.3 is 0 Å². The van der Waals surface area contributed by atoms with Gasteiger partial charge in [-0.1, -0.05) is 5.92 Å². The number of carbonyl (C=O) groups is 2. The molecule has 2 aliphatic heterocycles. The lowest BCUT2D eigenvalue weighted by molar-refractivity contribution is -0.135. The lowest BCUT2D eigenvalue weighted by atomic mass is 9.95. The van der Waals surface area contributed by atoms with Crippen LogP contribution in [-0.4, -0.2) is 62.8 Å². The molecular weight excluding hydrogens is 378 g/mol. The highest BCUT2D eigenvalue weighted by Crippen LogP contribution is 2.23. The number of likely N-dealkylation sites (tertiary alicyclic amines) is 2. The van der Waals surface area contributed by atoms with E-state index < -0.39 is 10.0 Å². The van der Waals surface area contributed by atoms with Crippen LogP contribution in [0.1, 0.15) is 36.0 Å². The normalized spacial score (nSPS) is 18.1. The van der Waals surface area contributed by atoms with Crippen molar-refractivity contribution in [2.24, 2.45) is 5.92 Å². The van der Waals surface area contributed by atoms with Crippen molar-refractivity contribution in [3.63, 3.8) is 0 Å². The third-order valence-electron chi connectivity index (χ3n) is 5.32. The first-order chi connectivity index (χ1) is 13.4. The Hall–Kier alpha value is -2.37. The number of amides is 2. The van der Waals surface area contributed by atoms with E-state index in [2.05, 4.69) is 10.6 Å². The number of terminal acetylenes is 1. The molecule has 0 aliphatic carbocycles. The van der Waals surface area contributed by atoms with E-state index in [9.17, 15) is 18.0 Å².